The molecule has 6 rings (SSSR count). The second kappa shape index (κ2) is 10.5. The number of hydrogen-bond donors (Lipinski definition) is 1. The zero-order chi connectivity index (χ0) is 28.9. The lowest BCUT2D eigenvalue weighted by Crippen LogP contribution is -2.16. The van der Waals surface area contributed by atoms with Gasteiger partial charge in [0.25, 0.3) is 5.91 Å². The van der Waals surface area contributed by atoms with Crippen LogP contribution in [0, 0.1) is 0 Å². The maximum Gasteiger partial charge on any atom is 0.433 e. The fourth-order valence-corrected chi connectivity index (χ4v) is 5.23. The van der Waals surface area contributed by atoms with Crippen molar-refractivity contribution in [3.63, 3.8) is 0 Å². The second-order valence-corrected chi connectivity index (χ2v) is 10.8. The molecule has 0 aliphatic carbocycles. The Bertz CT molecular complexity index is 1970. The van der Waals surface area contributed by atoms with Gasteiger partial charge in [0.05, 0.1) is 16.7 Å². The fraction of sp³-hybridized carbons (Fsp3) is 0.0714. The highest BCUT2D eigenvalue weighted by molar-refractivity contribution is 9.10. The van der Waals surface area contributed by atoms with Crippen LogP contribution in [0.25, 0.3) is 27.7 Å². The van der Waals surface area contributed by atoms with Crippen molar-refractivity contribution in [3.05, 3.63) is 110 Å². The molecule has 1 amide bonds. The van der Waals surface area contributed by atoms with Crippen molar-refractivity contribution < 1.29 is 18.0 Å². The quantitative estimate of drug-likeness (QED) is 0.203. The van der Waals surface area contributed by atoms with Gasteiger partial charge in [0.1, 0.15) is 0 Å². The molecular weight excluding hydrogens is 644 g/mol. The monoisotopic (exact) mass is 658 g/mol. The summed E-state index contributed by atoms with van der Waals surface area (Å²) in [5.74, 6) is -0.607. The molecule has 7 nitrogen and oxygen atoms in total. The SMILES string of the molecule is O=C(Nc1nn(Cc2ccc(Cl)cc2Cl)cc1Br)c1cc2nc(-c3ccc4ccccc4c3)cc(C(F)(F)F)n2n1. The third kappa shape index (κ3) is 5.52. The van der Waals surface area contributed by atoms with E-state index in [0.717, 1.165) is 22.4 Å². The van der Waals surface area contributed by atoms with Crippen molar-refractivity contribution in [1.82, 2.24) is 24.4 Å². The van der Waals surface area contributed by atoms with Crippen LogP contribution < -0.4 is 5.32 Å². The van der Waals surface area contributed by atoms with Gasteiger partial charge in [-0.25, -0.2) is 9.50 Å². The molecular formula is C28H16BrCl2F3N6O. The predicted molar refractivity (Wildman–Crippen MR) is 154 cm³/mol. The first-order chi connectivity index (χ1) is 19.5. The summed E-state index contributed by atoms with van der Waals surface area (Å²) in [5.41, 5.74) is -0.104. The molecule has 0 saturated heterocycles. The highest BCUT2D eigenvalue weighted by Crippen LogP contribution is 2.33. The largest absolute Gasteiger partial charge is 0.433 e. The van der Waals surface area contributed by atoms with E-state index in [-0.39, 0.29) is 29.4 Å². The van der Waals surface area contributed by atoms with Crippen LogP contribution >= 0.6 is 39.1 Å². The van der Waals surface area contributed by atoms with Gasteiger partial charge in [-0.15, -0.1) is 0 Å². The Hall–Kier alpha value is -3.93. The molecule has 6 aromatic rings. The third-order valence-corrected chi connectivity index (χ3v) is 7.46. The Morgan fingerprint density at radius 2 is 1.73 bits per heavy atom. The van der Waals surface area contributed by atoms with Crippen LogP contribution in [0.3, 0.4) is 0 Å². The van der Waals surface area contributed by atoms with Gasteiger partial charge in [0, 0.05) is 27.9 Å². The number of nitrogens with zero attached hydrogens (tertiary/aromatic N) is 5. The standard InChI is InChI=1S/C28H16BrCl2F3N6O/c29-20-14-39(13-18-7-8-19(30)10-21(18)31)38-26(20)36-27(41)23-12-25-35-22(11-24(28(32,33)34)40(25)37-23)17-6-5-15-3-1-2-4-16(15)9-17/h1-12,14H,13H2,(H,36,38,41). The van der Waals surface area contributed by atoms with E-state index in [9.17, 15) is 18.0 Å². The van der Waals surface area contributed by atoms with Crippen LogP contribution in [0.4, 0.5) is 19.0 Å². The van der Waals surface area contributed by atoms with Crippen LogP contribution in [0.5, 0.6) is 0 Å². The average Bonchev–Trinajstić information content (AvgIpc) is 3.51. The zero-order valence-electron chi connectivity index (χ0n) is 20.6. The molecule has 0 spiro atoms. The molecule has 0 aliphatic rings. The number of amides is 1. The third-order valence-electron chi connectivity index (χ3n) is 6.29. The number of halogens is 6. The molecule has 0 unspecified atom stereocenters. The van der Waals surface area contributed by atoms with Crippen LogP contribution in [0.1, 0.15) is 21.7 Å². The lowest BCUT2D eigenvalue weighted by Gasteiger charge is -2.11. The van der Waals surface area contributed by atoms with E-state index in [1.165, 1.54) is 10.7 Å². The predicted octanol–water partition coefficient (Wildman–Crippen LogP) is 8.13. The number of nitrogens with one attached hydrogen (secondary N) is 1. The molecule has 13 heteroatoms. The van der Waals surface area contributed by atoms with Crippen molar-refractivity contribution >= 4 is 67.3 Å². The Morgan fingerprint density at radius 3 is 2.49 bits per heavy atom. The smallest absolute Gasteiger partial charge is 0.303 e. The van der Waals surface area contributed by atoms with Gasteiger partial charge in [-0.2, -0.15) is 23.4 Å². The lowest BCUT2D eigenvalue weighted by molar-refractivity contribution is -0.142. The summed E-state index contributed by atoms with van der Waals surface area (Å²) in [4.78, 5) is 17.4. The summed E-state index contributed by atoms with van der Waals surface area (Å²) in [5, 5.41) is 13.6. The minimum absolute atomic E-state index is 0.102. The first kappa shape index (κ1) is 27.3. The van der Waals surface area contributed by atoms with Gasteiger partial charge in [-0.3, -0.25) is 9.48 Å². The normalized spacial score (nSPS) is 11.9. The van der Waals surface area contributed by atoms with E-state index in [1.807, 2.05) is 30.3 Å². The summed E-state index contributed by atoms with van der Waals surface area (Å²) < 4.78 is 44.9. The Balaban J connectivity index is 1.32. The van der Waals surface area contributed by atoms with Crippen molar-refractivity contribution in [3.8, 4) is 11.3 Å². The van der Waals surface area contributed by atoms with Crippen molar-refractivity contribution in [2.24, 2.45) is 0 Å². The molecule has 41 heavy (non-hydrogen) atoms. The topological polar surface area (TPSA) is 77.1 Å². The first-order valence-corrected chi connectivity index (χ1v) is 13.6. The van der Waals surface area contributed by atoms with Crippen LogP contribution in [-0.4, -0.2) is 30.3 Å². The number of carbonyl (C=O) groups is 1. The molecule has 3 aromatic carbocycles. The van der Waals surface area contributed by atoms with Crippen LogP contribution in [-0.2, 0) is 12.7 Å². The number of hydrogen-bond acceptors (Lipinski definition) is 4. The van der Waals surface area contributed by atoms with E-state index in [2.05, 4.69) is 36.4 Å². The van der Waals surface area contributed by atoms with Crippen molar-refractivity contribution in [2.75, 3.05) is 5.32 Å². The molecule has 206 valence electrons. The summed E-state index contributed by atoms with van der Waals surface area (Å²) >= 11 is 15.5. The van der Waals surface area contributed by atoms with Crippen LogP contribution in [0.2, 0.25) is 10.0 Å². The Morgan fingerprint density at radius 1 is 0.951 bits per heavy atom. The summed E-state index contributed by atoms with van der Waals surface area (Å²) in [7, 11) is 0. The summed E-state index contributed by atoms with van der Waals surface area (Å²) in [6.45, 7) is 0.287. The number of benzene rings is 3. The highest BCUT2D eigenvalue weighted by atomic mass is 79.9. The summed E-state index contributed by atoms with van der Waals surface area (Å²) in [6, 6.07) is 20.0. The van der Waals surface area contributed by atoms with Crippen molar-refractivity contribution in [2.45, 2.75) is 12.7 Å². The van der Waals surface area contributed by atoms with Gasteiger partial charge in [0.2, 0.25) is 0 Å². The number of anilines is 1. The van der Waals surface area contributed by atoms with E-state index in [1.54, 1.807) is 36.5 Å². The van der Waals surface area contributed by atoms with Gasteiger partial charge in [0.15, 0.2) is 22.9 Å². The minimum Gasteiger partial charge on any atom is -0.303 e. The number of rotatable bonds is 5. The number of alkyl halides is 3. The molecule has 0 saturated carbocycles. The molecule has 0 aliphatic heterocycles. The van der Waals surface area contributed by atoms with E-state index in [0.29, 0.717) is 24.6 Å². The number of aromatic nitrogens is 5. The van der Waals surface area contributed by atoms with E-state index in [4.69, 9.17) is 23.2 Å². The molecule has 0 atom stereocenters. The minimum atomic E-state index is -4.75. The maximum absolute atomic E-state index is 14.1. The maximum atomic E-state index is 14.1. The molecule has 1 N–H and O–H groups in total. The first-order valence-electron chi connectivity index (χ1n) is 12.0. The van der Waals surface area contributed by atoms with E-state index < -0.39 is 17.8 Å². The zero-order valence-corrected chi connectivity index (χ0v) is 23.7. The molecule has 3 heterocycles. The van der Waals surface area contributed by atoms with Crippen LogP contribution in [0.15, 0.2) is 83.5 Å². The van der Waals surface area contributed by atoms with Crippen molar-refractivity contribution in [1.29, 1.82) is 0 Å². The fourth-order valence-electron chi connectivity index (χ4n) is 4.34. The molecule has 0 fully saturated rings. The van der Waals surface area contributed by atoms with Gasteiger partial charge < -0.3 is 5.32 Å². The molecule has 3 aromatic heterocycles. The highest BCUT2D eigenvalue weighted by Gasteiger charge is 2.35. The number of carbonyl (C=O) groups excluding carboxylic acids is 1. The second-order valence-electron chi connectivity index (χ2n) is 9.10. The van der Waals surface area contributed by atoms with E-state index >= 15 is 0 Å². The Kier molecular flexibility index (Phi) is 6.96. The molecule has 0 bridgehead atoms. The Labute approximate surface area is 248 Å². The van der Waals surface area contributed by atoms with Gasteiger partial charge >= 0.3 is 6.18 Å². The van der Waals surface area contributed by atoms with Gasteiger partial charge in [-0.1, -0.05) is 65.7 Å². The number of fused-ring (bicyclic) bond motifs is 2. The molecule has 0 radical (unpaired) electrons. The summed E-state index contributed by atoms with van der Waals surface area (Å²) in [6.07, 6.45) is -3.12. The lowest BCUT2D eigenvalue weighted by atomic mass is 10.0. The average molecular weight is 660 g/mol. The van der Waals surface area contributed by atoms with Gasteiger partial charge in [-0.05, 0) is 56.5 Å².